The number of methoxy groups -OCH3 is 1. The maximum Gasteiger partial charge on any atom is 0.409 e. The fourth-order valence-corrected chi connectivity index (χ4v) is 3.01. The number of hydrogen-bond acceptors (Lipinski definition) is 5. The van der Waals surface area contributed by atoms with Gasteiger partial charge in [0.25, 0.3) is 0 Å². The summed E-state index contributed by atoms with van der Waals surface area (Å²) in [5.41, 5.74) is 0.0680. The number of amides is 1. The SMILES string of the molecule is [2H]c1c([2H])c([2H])c(C[C@@H]2C[C@H](C(=O)CC(=O)OCC)CCN2C(=O)OC)c([2H])c1[2H]. The van der Waals surface area contributed by atoms with Gasteiger partial charge in [-0.15, -0.1) is 0 Å². The van der Waals surface area contributed by atoms with Gasteiger partial charge < -0.3 is 14.4 Å². The van der Waals surface area contributed by atoms with Crippen LogP contribution in [0.5, 0.6) is 0 Å². The lowest BCUT2D eigenvalue weighted by molar-refractivity contribution is -0.146. The average molecular weight is 352 g/mol. The van der Waals surface area contributed by atoms with Crippen LogP contribution < -0.4 is 0 Å². The second-order valence-corrected chi connectivity index (χ2v) is 5.79. The van der Waals surface area contributed by atoms with Crippen molar-refractivity contribution in [2.75, 3.05) is 20.3 Å². The summed E-state index contributed by atoms with van der Waals surface area (Å²) in [6.07, 6.45) is -0.491. The van der Waals surface area contributed by atoms with Crippen LogP contribution in [0.2, 0.25) is 0 Å². The van der Waals surface area contributed by atoms with Gasteiger partial charge in [-0.3, -0.25) is 9.59 Å². The molecule has 1 aromatic carbocycles. The molecule has 0 saturated carbocycles. The molecule has 0 aromatic heterocycles. The lowest BCUT2D eigenvalue weighted by Gasteiger charge is -2.38. The van der Waals surface area contributed by atoms with Gasteiger partial charge in [0.05, 0.1) is 20.6 Å². The Kier molecular flexibility index (Phi) is 4.75. The molecule has 6 nitrogen and oxygen atoms in total. The van der Waals surface area contributed by atoms with E-state index in [-0.39, 0.29) is 55.8 Å². The maximum absolute atomic E-state index is 12.5. The molecule has 1 amide bonds. The van der Waals surface area contributed by atoms with Crippen LogP contribution in [0.25, 0.3) is 0 Å². The molecule has 0 bridgehead atoms. The summed E-state index contributed by atoms with van der Waals surface area (Å²) in [6.45, 7) is 2.01. The van der Waals surface area contributed by atoms with E-state index in [1.807, 2.05) is 0 Å². The molecule has 1 aliphatic rings. The fraction of sp³-hybridized carbons (Fsp3) is 0.526. The third kappa shape index (κ3) is 5.31. The van der Waals surface area contributed by atoms with E-state index in [1.54, 1.807) is 6.92 Å². The van der Waals surface area contributed by atoms with E-state index in [2.05, 4.69) is 0 Å². The van der Waals surface area contributed by atoms with Crippen LogP contribution in [0.15, 0.2) is 30.2 Å². The highest BCUT2D eigenvalue weighted by atomic mass is 16.5. The summed E-state index contributed by atoms with van der Waals surface area (Å²) < 4.78 is 49.2. The first-order valence-corrected chi connectivity index (χ1v) is 8.21. The minimum atomic E-state index is -0.622. The summed E-state index contributed by atoms with van der Waals surface area (Å²) in [6, 6.07) is -2.71. The molecule has 136 valence electrons. The zero-order chi connectivity index (χ0) is 22.6. The standard InChI is InChI=1S/C19H25NO5/c1-3-25-18(22)13-17(21)15-9-10-20(19(23)24-2)16(12-15)11-14-7-5-4-6-8-14/h4-8,15-16H,3,9-13H2,1-2H3/t15-,16-/m1/s1/i4D,5D,6D,7D,8D. The average Bonchev–Trinajstić information content (AvgIpc) is 2.73. The number of carbonyl (C=O) groups is 3. The van der Waals surface area contributed by atoms with Gasteiger partial charge >= 0.3 is 12.1 Å². The number of ketones is 1. The number of Topliss-reactive ketones (excluding diaryl/α,β-unsaturated/α-hetero) is 1. The Morgan fingerprint density at radius 1 is 1.28 bits per heavy atom. The predicted molar refractivity (Wildman–Crippen MR) is 92.0 cm³/mol. The molecule has 0 unspecified atom stereocenters. The van der Waals surface area contributed by atoms with Crippen molar-refractivity contribution in [1.82, 2.24) is 4.90 Å². The quantitative estimate of drug-likeness (QED) is 0.581. The molecular formula is C19H25NO5. The Morgan fingerprint density at radius 2 is 2.00 bits per heavy atom. The number of benzene rings is 1. The minimum absolute atomic E-state index is 0.0337. The molecule has 1 aromatic rings. The van der Waals surface area contributed by atoms with E-state index >= 15 is 0 Å². The van der Waals surface area contributed by atoms with Crippen molar-refractivity contribution in [2.45, 2.75) is 38.6 Å². The smallest absolute Gasteiger partial charge is 0.409 e. The number of piperidine rings is 1. The highest BCUT2D eigenvalue weighted by Gasteiger charge is 2.35. The van der Waals surface area contributed by atoms with E-state index in [0.717, 1.165) is 0 Å². The Balaban J connectivity index is 2.30. The van der Waals surface area contributed by atoms with E-state index < -0.39 is 42.1 Å². The molecule has 0 N–H and O–H groups in total. The zero-order valence-electron chi connectivity index (χ0n) is 19.4. The van der Waals surface area contributed by atoms with Crippen LogP contribution in [0, 0.1) is 5.92 Å². The van der Waals surface area contributed by atoms with Gasteiger partial charge in [0, 0.05) is 18.5 Å². The van der Waals surface area contributed by atoms with Crippen molar-refractivity contribution in [3.8, 4) is 0 Å². The molecule has 2 atom stereocenters. The molecule has 0 radical (unpaired) electrons. The van der Waals surface area contributed by atoms with E-state index in [1.165, 1.54) is 12.0 Å². The first kappa shape index (κ1) is 12.9. The number of carbonyl (C=O) groups excluding carboxylic acids is 3. The number of likely N-dealkylation sites (tertiary alicyclic amines) is 1. The zero-order valence-corrected chi connectivity index (χ0v) is 14.4. The molecule has 0 aliphatic carbocycles. The Morgan fingerprint density at radius 3 is 2.64 bits per heavy atom. The summed E-state index contributed by atoms with van der Waals surface area (Å²) in [7, 11) is 1.22. The van der Waals surface area contributed by atoms with Crippen LogP contribution in [0.3, 0.4) is 0 Å². The van der Waals surface area contributed by atoms with Gasteiger partial charge in [-0.1, -0.05) is 30.2 Å². The molecule has 25 heavy (non-hydrogen) atoms. The number of hydrogen-bond donors (Lipinski definition) is 0. The molecular weight excluding hydrogens is 322 g/mol. The molecule has 2 rings (SSSR count). The predicted octanol–water partition coefficient (Wildman–Crippen LogP) is 2.60. The van der Waals surface area contributed by atoms with Crippen LogP contribution in [-0.4, -0.2) is 49.0 Å². The summed E-state index contributed by atoms with van der Waals surface area (Å²) >= 11 is 0. The highest BCUT2D eigenvalue weighted by molar-refractivity contribution is 5.96. The lowest BCUT2D eigenvalue weighted by Crippen LogP contribution is -2.48. The molecule has 1 aliphatic heterocycles. The Bertz CT molecular complexity index is 818. The summed E-state index contributed by atoms with van der Waals surface area (Å²) in [5.74, 6) is -1.42. The van der Waals surface area contributed by atoms with Crippen molar-refractivity contribution < 1.29 is 30.7 Å². The Hall–Kier alpha value is -2.37. The van der Waals surface area contributed by atoms with E-state index in [0.29, 0.717) is 6.42 Å². The normalized spacial score (nSPS) is 22.8. The third-order valence-electron chi connectivity index (χ3n) is 4.20. The second kappa shape index (κ2) is 9.20. The van der Waals surface area contributed by atoms with Gasteiger partial charge in [-0.2, -0.15) is 0 Å². The highest BCUT2D eigenvalue weighted by Crippen LogP contribution is 2.27. The minimum Gasteiger partial charge on any atom is -0.466 e. The van der Waals surface area contributed by atoms with Gasteiger partial charge in [-0.05, 0) is 31.7 Å². The van der Waals surface area contributed by atoms with Crippen molar-refractivity contribution in [2.24, 2.45) is 5.92 Å². The maximum atomic E-state index is 12.5. The van der Waals surface area contributed by atoms with Crippen molar-refractivity contribution in [3.05, 3.63) is 35.8 Å². The first-order valence-electron chi connectivity index (χ1n) is 10.7. The van der Waals surface area contributed by atoms with Crippen LogP contribution in [0.1, 0.15) is 38.6 Å². The second-order valence-electron chi connectivity index (χ2n) is 5.79. The number of ether oxygens (including phenoxy) is 2. The lowest BCUT2D eigenvalue weighted by atomic mass is 9.84. The third-order valence-corrected chi connectivity index (χ3v) is 4.20. The van der Waals surface area contributed by atoms with Crippen molar-refractivity contribution in [1.29, 1.82) is 0 Å². The number of rotatable bonds is 6. The van der Waals surface area contributed by atoms with Crippen LogP contribution >= 0.6 is 0 Å². The molecule has 6 heteroatoms. The topological polar surface area (TPSA) is 72.9 Å². The van der Waals surface area contributed by atoms with Crippen LogP contribution in [0.4, 0.5) is 4.79 Å². The molecule has 0 spiro atoms. The van der Waals surface area contributed by atoms with Gasteiger partial charge in [0.1, 0.15) is 12.2 Å². The van der Waals surface area contributed by atoms with Gasteiger partial charge in [-0.25, -0.2) is 4.79 Å². The van der Waals surface area contributed by atoms with Crippen LogP contribution in [-0.2, 0) is 25.5 Å². The fourth-order valence-electron chi connectivity index (χ4n) is 3.01. The summed E-state index contributed by atoms with van der Waals surface area (Å²) in [4.78, 5) is 37.8. The monoisotopic (exact) mass is 352 g/mol. The molecule has 1 saturated heterocycles. The number of nitrogens with zero attached hydrogens (tertiary/aromatic N) is 1. The van der Waals surface area contributed by atoms with Crippen molar-refractivity contribution >= 4 is 17.8 Å². The molecule has 1 heterocycles. The summed E-state index contributed by atoms with van der Waals surface area (Å²) in [5, 5.41) is 0. The Labute approximate surface area is 155 Å². The first-order chi connectivity index (χ1) is 14.1. The largest absolute Gasteiger partial charge is 0.466 e. The van der Waals surface area contributed by atoms with Gasteiger partial charge in [0.2, 0.25) is 0 Å². The van der Waals surface area contributed by atoms with E-state index in [4.69, 9.17) is 16.3 Å². The van der Waals surface area contributed by atoms with E-state index in [9.17, 15) is 14.4 Å². The van der Waals surface area contributed by atoms with Crippen molar-refractivity contribution in [3.63, 3.8) is 0 Å². The number of esters is 1. The molecule has 1 fully saturated rings. The van der Waals surface area contributed by atoms with Gasteiger partial charge in [0.15, 0.2) is 0 Å².